The lowest BCUT2D eigenvalue weighted by atomic mass is 10.2. The zero-order valence-corrected chi connectivity index (χ0v) is 12.2. The number of halogens is 4. The van der Waals surface area contributed by atoms with Crippen LogP contribution in [0.2, 0.25) is 5.02 Å². The van der Waals surface area contributed by atoms with Gasteiger partial charge in [-0.3, -0.25) is 0 Å². The largest absolute Gasteiger partial charge is 0.506 e. The molecule has 7 heteroatoms. The highest BCUT2D eigenvalue weighted by molar-refractivity contribution is 8.00. The monoisotopic (exact) mass is 333 g/mol. The quantitative estimate of drug-likeness (QED) is 0.748. The summed E-state index contributed by atoms with van der Waals surface area (Å²) in [5.74, 6) is -0.0763. The average molecular weight is 334 g/mol. The Hall–Kier alpha value is -1.53. The molecule has 0 aliphatic rings. The van der Waals surface area contributed by atoms with Crippen LogP contribution in [0.3, 0.4) is 0 Å². The summed E-state index contributed by atoms with van der Waals surface area (Å²) in [7, 11) is 0. The van der Waals surface area contributed by atoms with E-state index >= 15 is 0 Å². The second kappa shape index (κ2) is 6.49. The first kappa shape index (κ1) is 15.9. The summed E-state index contributed by atoms with van der Waals surface area (Å²) in [5.41, 5.74) is -3.50. The zero-order chi connectivity index (χ0) is 15.5. The van der Waals surface area contributed by atoms with Crippen molar-refractivity contribution in [2.45, 2.75) is 16.9 Å². The third-order valence-corrected chi connectivity index (χ3v) is 3.76. The van der Waals surface area contributed by atoms with E-state index in [-0.39, 0.29) is 34.0 Å². The fraction of sp³-hybridized carbons (Fsp3) is 0.143. The van der Waals surface area contributed by atoms with Gasteiger partial charge in [-0.2, -0.15) is 13.2 Å². The summed E-state index contributed by atoms with van der Waals surface area (Å²) in [6.07, 6.45) is 0. The first-order valence-corrected chi connectivity index (χ1v) is 7.11. The number of nitrogens with one attached hydrogen (secondary N) is 1. The Morgan fingerprint density at radius 1 is 1.10 bits per heavy atom. The maximum Gasteiger partial charge on any atom is 0.446 e. The second-order valence-electron chi connectivity index (χ2n) is 4.15. The van der Waals surface area contributed by atoms with Gasteiger partial charge < -0.3 is 10.4 Å². The molecule has 0 saturated heterocycles. The molecule has 0 amide bonds. The molecule has 0 atom stereocenters. The number of rotatable bonds is 4. The molecule has 0 fully saturated rings. The number of phenolic OH excluding ortho intramolecular Hbond substituents is 1. The molecule has 0 heterocycles. The standard InChI is InChI=1S/C14H11ClF3NOS/c15-10-5-3-4-9(13(10)20)8-19-11-6-1-2-7-12(11)21-14(16,17)18/h1-7,19-20H,8H2. The number of alkyl halides is 3. The van der Waals surface area contributed by atoms with E-state index < -0.39 is 5.51 Å². The van der Waals surface area contributed by atoms with Crippen molar-refractivity contribution in [1.29, 1.82) is 0 Å². The van der Waals surface area contributed by atoms with Crippen LogP contribution >= 0.6 is 23.4 Å². The van der Waals surface area contributed by atoms with Crippen molar-refractivity contribution in [3.05, 3.63) is 53.1 Å². The van der Waals surface area contributed by atoms with Gasteiger partial charge in [0.1, 0.15) is 5.75 Å². The minimum Gasteiger partial charge on any atom is -0.506 e. The summed E-state index contributed by atoms with van der Waals surface area (Å²) in [6, 6.07) is 11.0. The van der Waals surface area contributed by atoms with E-state index in [4.69, 9.17) is 11.6 Å². The summed E-state index contributed by atoms with van der Waals surface area (Å²) in [4.78, 5) is 0.0755. The molecule has 0 aliphatic heterocycles. The summed E-state index contributed by atoms with van der Waals surface area (Å²) in [6.45, 7) is 0.168. The molecule has 112 valence electrons. The molecule has 21 heavy (non-hydrogen) atoms. The van der Waals surface area contributed by atoms with Gasteiger partial charge in [0.05, 0.1) is 5.02 Å². The van der Waals surface area contributed by atoms with Gasteiger partial charge >= 0.3 is 5.51 Å². The van der Waals surface area contributed by atoms with Crippen LogP contribution in [0.5, 0.6) is 5.75 Å². The van der Waals surface area contributed by atoms with E-state index in [1.807, 2.05) is 0 Å². The van der Waals surface area contributed by atoms with Crippen LogP contribution in [-0.4, -0.2) is 10.6 Å². The first-order chi connectivity index (χ1) is 9.87. The molecular weight excluding hydrogens is 323 g/mol. The van der Waals surface area contributed by atoms with Gasteiger partial charge in [-0.15, -0.1) is 0 Å². The fourth-order valence-corrected chi connectivity index (χ4v) is 2.56. The Labute approximate surface area is 128 Å². The Kier molecular flexibility index (Phi) is 4.90. The minimum atomic E-state index is -4.35. The maximum atomic E-state index is 12.5. The highest BCUT2D eigenvalue weighted by Crippen LogP contribution is 2.40. The smallest absolute Gasteiger partial charge is 0.446 e. The Bertz CT molecular complexity index is 634. The molecule has 0 unspecified atom stereocenters. The van der Waals surface area contributed by atoms with Crippen LogP contribution in [0.15, 0.2) is 47.4 Å². The van der Waals surface area contributed by atoms with Crippen molar-refractivity contribution in [2.75, 3.05) is 5.32 Å². The van der Waals surface area contributed by atoms with Crippen LogP contribution in [0, 0.1) is 0 Å². The highest BCUT2D eigenvalue weighted by Gasteiger charge is 2.30. The summed E-state index contributed by atoms with van der Waals surface area (Å²) in [5, 5.41) is 12.9. The molecule has 2 N–H and O–H groups in total. The molecular formula is C14H11ClF3NOS. The Balaban J connectivity index is 2.15. The van der Waals surface area contributed by atoms with Crippen LogP contribution < -0.4 is 5.32 Å². The van der Waals surface area contributed by atoms with Gasteiger partial charge in [-0.25, -0.2) is 0 Å². The number of anilines is 1. The van der Waals surface area contributed by atoms with Crippen molar-refractivity contribution in [2.24, 2.45) is 0 Å². The molecule has 0 bridgehead atoms. The maximum absolute atomic E-state index is 12.5. The molecule has 2 aromatic rings. The van der Waals surface area contributed by atoms with E-state index in [1.54, 1.807) is 24.3 Å². The van der Waals surface area contributed by atoms with Crippen LogP contribution in [0.1, 0.15) is 5.56 Å². The zero-order valence-electron chi connectivity index (χ0n) is 10.6. The van der Waals surface area contributed by atoms with Gasteiger partial charge in [-0.1, -0.05) is 35.9 Å². The fourth-order valence-electron chi connectivity index (χ4n) is 1.72. The van der Waals surface area contributed by atoms with Crippen LogP contribution in [0.25, 0.3) is 0 Å². The lowest BCUT2D eigenvalue weighted by Crippen LogP contribution is -2.04. The number of phenols is 1. The summed E-state index contributed by atoms with van der Waals surface area (Å²) >= 11 is 5.60. The first-order valence-electron chi connectivity index (χ1n) is 5.92. The lowest BCUT2D eigenvalue weighted by Gasteiger charge is -2.13. The highest BCUT2D eigenvalue weighted by atomic mass is 35.5. The topological polar surface area (TPSA) is 32.3 Å². The van der Waals surface area contributed by atoms with Crippen LogP contribution in [0.4, 0.5) is 18.9 Å². The van der Waals surface area contributed by atoms with Crippen LogP contribution in [-0.2, 0) is 6.54 Å². The van der Waals surface area contributed by atoms with Crippen molar-refractivity contribution in [3.8, 4) is 5.75 Å². The van der Waals surface area contributed by atoms with E-state index in [0.717, 1.165) is 0 Å². The molecule has 2 rings (SSSR count). The van der Waals surface area contributed by atoms with Gasteiger partial charge in [-0.05, 0) is 30.0 Å². The summed E-state index contributed by atoms with van der Waals surface area (Å²) < 4.78 is 37.4. The molecule has 0 aromatic heterocycles. The van der Waals surface area contributed by atoms with Gasteiger partial charge in [0.15, 0.2) is 0 Å². The third kappa shape index (κ3) is 4.47. The molecule has 0 spiro atoms. The predicted octanol–water partition coefficient (Wildman–Crippen LogP) is 5.27. The van der Waals surface area contributed by atoms with Gasteiger partial charge in [0, 0.05) is 22.7 Å². The molecule has 2 nitrogen and oxygen atoms in total. The van der Waals surface area contributed by atoms with E-state index in [0.29, 0.717) is 11.3 Å². The normalized spacial score (nSPS) is 11.4. The average Bonchev–Trinajstić information content (AvgIpc) is 2.40. The van der Waals surface area contributed by atoms with Crippen molar-refractivity contribution in [3.63, 3.8) is 0 Å². The van der Waals surface area contributed by atoms with E-state index in [1.165, 1.54) is 18.2 Å². The number of hydrogen-bond acceptors (Lipinski definition) is 3. The molecule has 0 radical (unpaired) electrons. The molecule has 0 saturated carbocycles. The number of para-hydroxylation sites is 2. The number of benzene rings is 2. The Morgan fingerprint density at radius 2 is 1.81 bits per heavy atom. The molecule has 2 aromatic carbocycles. The number of hydrogen-bond donors (Lipinski definition) is 2. The van der Waals surface area contributed by atoms with E-state index in [9.17, 15) is 18.3 Å². The Morgan fingerprint density at radius 3 is 2.52 bits per heavy atom. The van der Waals surface area contributed by atoms with Gasteiger partial charge in [0.2, 0.25) is 0 Å². The third-order valence-electron chi connectivity index (χ3n) is 2.65. The van der Waals surface area contributed by atoms with E-state index in [2.05, 4.69) is 5.32 Å². The molecule has 0 aliphatic carbocycles. The second-order valence-corrected chi connectivity index (χ2v) is 5.66. The van der Waals surface area contributed by atoms with Crippen molar-refractivity contribution < 1.29 is 18.3 Å². The SMILES string of the molecule is Oc1c(Cl)cccc1CNc1ccccc1SC(F)(F)F. The lowest BCUT2D eigenvalue weighted by molar-refractivity contribution is -0.0327. The number of aromatic hydroxyl groups is 1. The van der Waals surface area contributed by atoms with Crippen molar-refractivity contribution in [1.82, 2.24) is 0 Å². The van der Waals surface area contributed by atoms with Crippen molar-refractivity contribution >= 4 is 29.1 Å². The minimum absolute atomic E-state index is 0.0755. The predicted molar refractivity (Wildman–Crippen MR) is 78.8 cm³/mol. The number of thioether (sulfide) groups is 1. The van der Waals surface area contributed by atoms with Gasteiger partial charge in [0.25, 0.3) is 0 Å².